The molecule has 1 unspecified atom stereocenters. The summed E-state index contributed by atoms with van der Waals surface area (Å²) >= 11 is 11.9. The van der Waals surface area contributed by atoms with Crippen molar-refractivity contribution in [2.75, 3.05) is 6.61 Å². The molecule has 13 heteroatoms. The van der Waals surface area contributed by atoms with E-state index in [9.17, 15) is 32.0 Å². The maximum atomic E-state index is 13.9. The molecule has 0 heterocycles. The average molecular weight is 561 g/mol. The fourth-order valence-corrected chi connectivity index (χ4v) is 3.37. The maximum Gasteiger partial charge on any atom is 0.573 e. The lowest BCUT2D eigenvalue weighted by molar-refractivity contribution is -0.274. The smallest absolute Gasteiger partial charge is 0.486 e. The Hall–Kier alpha value is -3.75. The molecule has 3 aromatic rings. The van der Waals surface area contributed by atoms with E-state index in [0.29, 0.717) is 12.1 Å². The van der Waals surface area contributed by atoms with E-state index in [2.05, 4.69) is 10.1 Å². The second-order valence-electron chi connectivity index (χ2n) is 7.68. The van der Waals surface area contributed by atoms with Crippen molar-refractivity contribution in [3.8, 4) is 29.1 Å². The van der Waals surface area contributed by atoms with Crippen LogP contribution in [0.2, 0.25) is 10.0 Å². The zero-order valence-corrected chi connectivity index (χ0v) is 20.1. The van der Waals surface area contributed by atoms with Gasteiger partial charge in [-0.05, 0) is 49.4 Å². The van der Waals surface area contributed by atoms with Gasteiger partial charge in [0, 0.05) is 27.7 Å². The van der Waals surface area contributed by atoms with Crippen LogP contribution in [0, 0.1) is 23.0 Å². The first-order valence-corrected chi connectivity index (χ1v) is 10.9. The molecule has 0 radical (unpaired) electrons. The summed E-state index contributed by atoms with van der Waals surface area (Å²) in [6, 6.07) is 11.4. The van der Waals surface area contributed by atoms with Gasteiger partial charge in [-0.25, -0.2) is 8.78 Å². The summed E-state index contributed by atoms with van der Waals surface area (Å²) in [4.78, 5) is 12.6. The summed E-state index contributed by atoms with van der Waals surface area (Å²) in [6.07, 6.45) is -4.90. The largest absolute Gasteiger partial charge is 0.573 e. The van der Waals surface area contributed by atoms with Gasteiger partial charge in [0.1, 0.15) is 18.1 Å². The van der Waals surface area contributed by atoms with Gasteiger partial charge in [0.2, 0.25) is 0 Å². The lowest BCUT2D eigenvalue weighted by atomic mass is 10.0. The number of amides is 1. The van der Waals surface area contributed by atoms with Gasteiger partial charge in [0.15, 0.2) is 28.7 Å². The number of nitrogens with one attached hydrogen (secondary N) is 1. The van der Waals surface area contributed by atoms with Gasteiger partial charge in [-0.2, -0.15) is 5.26 Å². The standard InChI is InChI=1S/C24H15Cl2F5N2O4/c1-23(11-32,33-22(34)13-2-4-16(5-3-13)37-24(29,30)31)12-35-20-9-18(27)19(28)10-21(20)36-17-7-14(25)6-15(26)8-17/h2-10H,12H2,1H3,(H,33,34). The van der Waals surface area contributed by atoms with Crippen molar-refractivity contribution in [2.45, 2.75) is 18.8 Å². The highest BCUT2D eigenvalue weighted by Gasteiger charge is 2.32. The summed E-state index contributed by atoms with van der Waals surface area (Å²) < 4.78 is 79.5. The van der Waals surface area contributed by atoms with Crippen molar-refractivity contribution in [1.29, 1.82) is 5.26 Å². The number of rotatable bonds is 8. The number of carbonyl (C=O) groups is 1. The van der Waals surface area contributed by atoms with E-state index < -0.39 is 41.8 Å². The molecule has 194 valence electrons. The molecule has 37 heavy (non-hydrogen) atoms. The van der Waals surface area contributed by atoms with Gasteiger partial charge in [-0.3, -0.25) is 4.79 Å². The van der Waals surface area contributed by atoms with Crippen molar-refractivity contribution < 1.29 is 41.0 Å². The summed E-state index contributed by atoms with van der Waals surface area (Å²) in [5.74, 6) is -4.37. The molecule has 3 aromatic carbocycles. The highest BCUT2D eigenvalue weighted by atomic mass is 35.5. The molecule has 0 fully saturated rings. The number of nitrogens with zero attached hydrogens (tertiary/aromatic N) is 1. The Bertz CT molecular complexity index is 1330. The van der Waals surface area contributed by atoms with Gasteiger partial charge < -0.3 is 19.5 Å². The van der Waals surface area contributed by atoms with Gasteiger partial charge in [-0.1, -0.05) is 23.2 Å². The number of carbonyl (C=O) groups excluding carboxylic acids is 1. The predicted octanol–water partition coefficient (Wildman–Crippen LogP) is 7.05. The third-order valence-corrected chi connectivity index (χ3v) is 4.99. The first-order chi connectivity index (χ1) is 17.3. The Morgan fingerprint density at radius 3 is 2.05 bits per heavy atom. The Morgan fingerprint density at radius 1 is 0.946 bits per heavy atom. The second-order valence-corrected chi connectivity index (χ2v) is 8.55. The first-order valence-electron chi connectivity index (χ1n) is 10.1. The van der Waals surface area contributed by atoms with E-state index in [0.717, 1.165) is 24.3 Å². The highest BCUT2D eigenvalue weighted by molar-refractivity contribution is 6.34. The number of hydrogen-bond acceptors (Lipinski definition) is 5. The van der Waals surface area contributed by atoms with Crippen molar-refractivity contribution in [1.82, 2.24) is 5.32 Å². The van der Waals surface area contributed by atoms with Crippen LogP contribution >= 0.6 is 23.2 Å². The molecule has 1 amide bonds. The molecule has 3 rings (SSSR count). The molecule has 6 nitrogen and oxygen atoms in total. The number of nitriles is 1. The number of alkyl halides is 3. The number of ether oxygens (including phenoxy) is 3. The molecule has 0 aromatic heterocycles. The van der Waals surface area contributed by atoms with Crippen LogP contribution in [-0.2, 0) is 0 Å². The second kappa shape index (κ2) is 11.1. The minimum absolute atomic E-state index is 0.0781. The summed E-state index contributed by atoms with van der Waals surface area (Å²) in [5.41, 5.74) is -1.79. The van der Waals surface area contributed by atoms with Crippen molar-refractivity contribution >= 4 is 29.1 Å². The van der Waals surface area contributed by atoms with Crippen molar-refractivity contribution in [2.24, 2.45) is 0 Å². The Morgan fingerprint density at radius 2 is 1.51 bits per heavy atom. The zero-order chi connectivity index (χ0) is 27.4. The van der Waals surface area contributed by atoms with E-state index in [4.69, 9.17) is 32.7 Å². The van der Waals surface area contributed by atoms with Crippen LogP contribution in [-0.4, -0.2) is 24.4 Å². The Labute approximate surface area is 217 Å². The van der Waals surface area contributed by atoms with Crippen LogP contribution < -0.4 is 19.5 Å². The minimum atomic E-state index is -4.90. The molecule has 0 saturated heterocycles. The van der Waals surface area contributed by atoms with Crippen LogP contribution in [0.4, 0.5) is 22.0 Å². The van der Waals surface area contributed by atoms with E-state index in [1.54, 1.807) is 0 Å². The maximum absolute atomic E-state index is 13.9. The van der Waals surface area contributed by atoms with Crippen LogP contribution in [0.3, 0.4) is 0 Å². The van der Waals surface area contributed by atoms with Crippen LogP contribution in [0.25, 0.3) is 0 Å². The van der Waals surface area contributed by atoms with Crippen LogP contribution in [0.1, 0.15) is 17.3 Å². The van der Waals surface area contributed by atoms with E-state index in [1.165, 1.54) is 25.1 Å². The van der Waals surface area contributed by atoms with Crippen LogP contribution in [0.15, 0.2) is 54.6 Å². The van der Waals surface area contributed by atoms with E-state index in [-0.39, 0.29) is 32.9 Å². The van der Waals surface area contributed by atoms with Gasteiger partial charge in [0.25, 0.3) is 5.91 Å². The molecule has 0 aliphatic rings. The van der Waals surface area contributed by atoms with E-state index >= 15 is 0 Å². The zero-order valence-electron chi connectivity index (χ0n) is 18.6. The van der Waals surface area contributed by atoms with Crippen molar-refractivity contribution in [3.05, 3.63) is 81.8 Å². The first kappa shape index (κ1) is 27.8. The quantitative estimate of drug-likeness (QED) is 0.298. The van der Waals surface area contributed by atoms with Gasteiger partial charge in [-0.15, -0.1) is 13.2 Å². The molecule has 0 spiro atoms. The average Bonchev–Trinajstić information content (AvgIpc) is 2.79. The molecule has 1 atom stereocenters. The number of halogens is 7. The molecule has 0 aliphatic heterocycles. The third-order valence-electron chi connectivity index (χ3n) is 4.55. The number of benzene rings is 3. The predicted molar refractivity (Wildman–Crippen MR) is 123 cm³/mol. The topological polar surface area (TPSA) is 80.6 Å². The van der Waals surface area contributed by atoms with E-state index in [1.807, 2.05) is 6.07 Å². The molecule has 0 saturated carbocycles. The molecular weight excluding hydrogens is 546 g/mol. The van der Waals surface area contributed by atoms with Gasteiger partial charge in [0.05, 0.1) is 6.07 Å². The van der Waals surface area contributed by atoms with Gasteiger partial charge >= 0.3 is 6.36 Å². The minimum Gasteiger partial charge on any atom is -0.486 e. The summed E-state index contributed by atoms with van der Waals surface area (Å²) in [7, 11) is 0. The fourth-order valence-electron chi connectivity index (χ4n) is 2.87. The Kier molecular flexibility index (Phi) is 8.35. The molecular formula is C24H15Cl2F5N2O4. The number of hydrogen-bond donors (Lipinski definition) is 1. The summed E-state index contributed by atoms with van der Waals surface area (Å²) in [5, 5.41) is 12.4. The molecule has 1 N–H and O–H groups in total. The summed E-state index contributed by atoms with van der Waals surface area (Å²) in [6.45, 7) is 0.728. The normalized spacial score (nSPS) is 12.7. The Balaban J connectivity index is 1.76. The fraction of sp³-hybridized carbons (Fsp3) is 0.167. The van der Waals surface area contributed by atoms with Crippen molar-refractivity contribution in [3.63, 3.8) is 0 Å². The highest BCUT2D eigenvalue weighted by Crippen LogP contribution is 2.36. The van der Waals surface area contributed by atoms with Crippen LogP contribution in [0.5, 0.6) is 23.0 Å². The molecule has 0 bridgehead atoms. The monoisotopic (exact) mass is 560 g/mol. The third kappa shape index (κ3) is 7.87. The lowest BCUT2D eigenvalue weighted by Crippen LogP contribution is -2.49. The lowest BCUT2D eigenvalue weighted by Gasteiger charge is -2.24. The SMILES string of the molecule is CC(C#N)(COc1cc(F)c(F)cc1Oc1cc(Cl)cc(Cl)c1)NC(=O)c1ccc(OC(F)(F)F)cc1. The molecule has 0 aliphatic carbocycles.